The molecule has 146 valence electrons. The zero-order valence-electron chi connectivity index (χ0n) is 15.9. The second-order valence-electron chi connectivity index (χ2n) is 7.36. The van der Waals surface area contributed by atoms with Gasteiger partial charge >= 0.3 is 0 Å². The summed E-state index contributed by atoms with van der Waals surface area (Å²) >= 11 is 0. The third-order valence-corrected chi connectivity index (χ3v) is 5.34. The molecule has 0 bridgehead atoms. The van der Waals surface area contributed by atoms with Crippen molar-refractivity contribution >= 4 is 11.8 Å². The van der Waals surface area contributed by atoms with Crippen molar-refractivity contribution in [2.75, 3.05) is 26.2 Å². The molecule has 1 aromatic heterocycles. The number of carbonyl (C=O) groups is 2. The first-order valence-corrected chi connectivity index (χ1v) is 9.96. The summed E-state index contributed by atoms with van der Waals surface area (Å²) in [5.74, 6) is -0.0722. The van der Waals surface area contributed by atoms with Crippen molar-refractivity contribution in [3.8, 4) is 11.3 Å². The Morgan fingerprint density at radius 1 is 1.11 bits per heavy atom. The van der Waals surface area contributed by atoms with Crippen molar-refractivity contribution in [1.82, 2.24) is 15.2 Å². The van der Waals surface area contributed by atoms with Crippen molar-refractivity contribution in [2.24, 2.45) is 0 Å². The minimum atomic E-state index is -0.113. The van der Waals surface area contributed by atoms with E-state index in [9.17, 15) is 9.59 Å². The molecule has 2 amide bonds. The molecular weight excluding hydrogens is 354 g/mol. The van der Waals surface area contributed by atoms with Gasteiger partial charge in [-0.15, -0.1) is 0 Å². The van der Waals surface area contributed by atoms with Crippen LogP contribution in [0.25, 0.3) is 11.3 Å². The minimum absolute atomic E-state index is 0.0406. The Morgan fingerprint density at radius 2 is 1.96 bits per heavy atom. The first kappa shape index (κ1) is 18.6. The highest BCUT2D eigenvalue weighted by Gasteiger charge is 2.20. The van der Waals surface area contributed by atoms with Gasteiger partial charge in [-0.05, 0) is 49.9 Å². The van der Waals surface area contributed by atoms with E-state index in [1.54, 1.807) is 12.3 Å². The molecule has 1 aromatic carbocycles. The normalized spacial score (nSPS) is 19.0. The van der Waals surface area contributed by atoms with E-state index in [-0.39, 0.29) is 17.9 Å². The molecule has 2 aliphatic heterocycles. The van der Waals surface area contributed by atoms with Gasteiger partial charge < -0.3 is 15.0 Å². The maximum Gasteiger partial charge on any atom is 0.255 e. The van der Waals surface area contributed by atoms with Crippen LogP contribution >= 0.6 is 0 Å². The average Bonchev–Trinajstić information content (AvgIpc) is 3.46. The van der Waals surface area contributed by atoms with E-state index in [0.29, 0.717) is 17.7 Å². The highest BCUT2D eigenvalue weighted by molar-refractivity contribution is 5.96. The number of ether oxygens (including phenoxy) is 1. The number of hydrogen-bond acceptors (Lipinski definition) is 4. The second-order valence-corrected chi connectivity index (χ2v) is 7.36. The molecule has 2 aromatic rings. The molecule has 6 heteroatoms. The van der Waals surface area contributed by atoms with Gasteiger partial charge in [-0.3, -0.25) is 14.6 Å². The fraction of sp³-hybridized carbons (Fsp3) is 0.409. The topological polar surface area (TPSA) is 71.5 Å². The SMILES string of the molecule is O=C(NC[C@H]1CCCO1)c1cccc(-c2ccc(C(=O)N3CCCC3)cn2)c1. The largest absolute Gasteiger partial charge is 0.376 e. The van der Waals surface area contributed by atoms with E-state index in [0.717, 1.165) is 56.6 Å². The Kier molecular flexibility index (Phi) is 5.67. The second kappa shape index (κ2) is 8.52. The Morgan fingerprint density at radius 3 is 2.68 bits per heavy atom. The lowest BCUT2D eigenvalue weighted by Crippen LogP contribution is -2.31. The van der Waals surface area contributed by atoms with Gasteiger partial charge in [0.25, 0.3) is 11.8 Å². The van der Waals surface area contributed by atoms with Gasteiger partial charge in [0, 0.05) is 43.6 Å². The van der Waals surface area contributed by atoms with Crippen molar-refractivity contribution in [3.05, 3.63) is 53.7 Å². The monoisotopic (exact) mass is 379 g/mol. The van der Waals surface area contributed by atoms with E-state index >= 15 is 0 Å². The van der Waals surface area contributed by atoms with E-state index in [2.05, 4.69) is 10.3 Å². The number of nitrogens with one attached hydrogen (secondary N) is 1. The molecule has 0 saturated carbocycles. The van der Waals surface area contributed by atoms with Crippen LogP contribution in [0.3, 0.4) is 0 Å². The van der Waals surface area contributed by atoms with Crippen LogP contribution in [-0.2, 0) is 4.74 Å². The lowest BCUT2D eigenvalue weighted by atomic mass is 10.1. The molecular formula is C22H25N3O3. The molecule has 2 aliphatic rings. The molecule has 28 heavy (non-hydrogen) atoms. The molecule has 2 fully saturated rings. The van der Waals surface area contributed by atoms with Gasteiger partial charge in [-0.2, -0.15) is 0 Å². The summed E-state index contributed by atoms with van der Waals surface area (Å²) in [7, 11) is 0. The van der Waals surface area contributed by atoms with Crippen molar-refractivity contribution in [3.63, 3.8) is 0 Å². The van der Waals surface area contributed by atoms with E-state index < -0.39 is 0 Å². The first-order valence-electron chi connectivity index (χ1n) is 9.96. The molecule has 1 atom stereocenters. The summed E-state index contributed by atoms with van der Waals surface area (Å²) in [6.07, 6.45) is 5.93. The Bertz CT molecular complexity index is 838. The highest BCUT2D eigenvalue weighted by Crippen LogP contribution is 2.20. The first-order chi connectivity index (χ1) is 13.7. The number of pyridine rings is 1. The number of amides is 2. The minimum Gasteiger partial charge on any atom is -0.376 e. The van der Waals surface area contributed by atoms with Crippen LogP contribution in [-0.4, -0.2) is 54.0 Å². The zero-order valence-corrected chi connectivity index (χ0v) is 15.9. The Balaban J connectivity index is 1.43. The van der Waals surface area contributed by atoms with Crippen LogP contribution in [0.15, 0.2) is 42.6 Å². The fourth-order valence-corrected chi connectivity index (χ4v) is 3.73. The Labute approximate surface area is 164 Å². The third kappa shape index (κ3) is 4.22. The van der Waals surface area contributed by atoms with Crippen LogP contribution in [0.5, 0.6) is 0 Å². The van der Waals surface area contributed by atoms with Gasteiger partial charge in [0.2, 0.25) is 0 Å². The quantitative estimate of drug-likeness (QED) is 0.867. The maximum absolute atomic E-state index is 12.4. The molecule has 1 N–H and O–H groups in total. The van der Waals surface area contributed by atoms with Gasteiger partial charge in [-0.25, -0.2) is 0 Å². The number of carbonyl (C=O) groups excluding carboxylic acids is 2. The summed E-state index contributed by atoms with van der Waals surface area (Å²) in [6, 6.07) is 11.0. The predicted molar refractivity (Wildman–Crippen MR) is 106 cm³/mol. The van der Waals surface area contributed by atoms with Crippen molar-refractivity contribution in [1.29, 1.82) is 0 Å². The van der Waals surface area contributed by atoms with E-state index in [1.807, 2.05) is 35.2 Å². The zero-order chi connectivity index (χ0) is 19.3. The van der Waals surface area contributed by atoms with Crippen LogP contribution in [0, 0.1) is 0 Å². The number of aromatic nitrogens is 1. The van der Waals surface area contributed by atoms with Gasteiger partial charge in [0.05, 0.1) is 17.4 Å². The number of likely N-dealkylation sites (tertiary alicyclic amines) is 1. The molecule has 0 unspecified atom stereocenters. The smallest absolute Gasteiger partial charge is 0.255 e. The summed E-state index contributed by atoms with van der Waals surface area (Å²) in [6.45, 7) is 2.96. The van der Waals surface area contributed by atoms with Crippen LogP contribution in [0.2, 0.25) is 0 Å². The molecule has 0 aliphatic carbocycles. The van der Waals surface area contributed by atoms with Gasteiger partial charge in [-0.1, -0.05) is 12.1 Å². The molecule has 4 rings (SSSR count). The molecule has 2 saturated heterocycles. The molecule has 3 heterocycles. The number of hydrogen-bond donors (Lipinski definition) is 1. The summed E-state index contributed by atoms with van der Waals surface area (Å²) < 4.78 is 5.54. The van der Waals surface area contributed by atoms with Crippen molar-refractivity contribution < 1.29 is 14.3 Å². The summed E-state index contributed by atoms with van der Waals surface area (Å²) in [5, 5.41) is 2.94. The number of nitrogens with zero attached hydrogens (tertiary/aromatic N) is 2. The summed E-state index contributed by atoms with van der Waals surface area (Å²) in [5.41, 5.74) is 2.79. The lowest BCUT2D eigenvalue weighted by molar-refractivity contribution is 0.0792. The highest BCUT2D eigenvalue weighted by atomic mass is 16.5. The third-order valence-electron chi connectivity index (χ3n) is 5.34. The molecule has 0 spiro atoms. The van der Waals surface area contributed by atoms with E-state index in [1.165, 1.54) is 0 Å². The number of rotatable bonds is 5. The molecule has 6 nitrogen and oxygen atoms in total. The van der Waals surface area contributed by atoms with Gasteiger partial charge in [0.15, 0.2) is 0 Å². The standard InChI is InChI=1S/C22H25N3O3/c26-21(24-15-19-7-4-12-28-19)17-6-3-5-16(13-17)20-9-8-18(14-23-20)22(27)25-10-1-2-11-25/h3,5-6,8-9,13-14,19H,1-2,4,7,10-12,15H2,(H,24,26)/t19-/m1/s1. The van der Waals surface area contributed by atoms with Crippen LogP contribution in [0.4, 0.5) is 0 Å². The lowest BCUT2D eigenvalue weighted by Gasteiger charge is -2.15. The van der Waals surface area contributed by atoms with Crippen LogP contribution in [0.1, 0.15) is 46.4 Å². The van der Waals surface area contributed by atoms with Crippen LogP contribution < -0.4 is 5.32 Å². The average molecular weight is 379 g/mol. The van der Waals surface area contributed by atoms with Gasteiger partial charge in [0.1, 0.15) is 0 Å². The predicted octanol–water partition coefficient (Wildman–Crippen LogP) is 2.89. The molecule has 0 radical (unpaired) electrons. The maximum atomic E-state index is 12.4. The fourth-order valence-electron chi connectivity index (χ4n) is 3.73. The summed E-state index contributed by atoms with van der Waals surface area (Å²) in [4.78, 5) is 31.2. The Hall–Kier alpha value is -2.73. The van der Waals surface area contributed by atoms with E-state index in [4.69, 9.17) is 4.74 Å². The number of benzene rings is 1. The van der Waals surface area contributed by atoms with Crippen molar-refractivity contribution in [2.45, 2.75) is 31.8 Å².